The van der Waals surface area contributed by atoms with E-state index in [4.69, 9.17) is 4.42 Å². The van der Waals surface area contributed by atoms with Crippen molar-refractivity contribution in [2.45, 2.75) is 51.5 Å². The third-order valence-corrected chi connectivity index (χ3v) is 5.90. The van der Waals surface area contributed by atoms with Gasteiger partial charge in [-0.2, -0.15) is 4.31 Å². The maximum absolute atomic E-state index is 12.6. The van der Waals surface area contributed by atoms with Crippen molar-refractivity contribution in [3.05, 3.63) is 36.3 Å². The average Bonchev–Trinajstić information content (AvgIpc) is 2.81. The molecule has 1 aromatic heterocycles. The molecule has 0 aromatic carbocycles. The van der Waals surface area contributed by atoms with Gasteiger partial charge in [0.2, 0.25) is 10.0 Å². The summed E-state index contributed by atoms with van der Waals surface area (Å²) in [6.45, 7) is 6.24. The Morgan fingerprint density at radius 1 is 1.38 bits per heavy atom. The van der Waals surface area contributed by atoms with E-state index in [0.29, 0.717) is 13.0 Å². The fraction of sp³-hybridized carbons (Fsp3) is 0.625. The lowest BCUT2D eigenvalue weighted by molar-refractivity contribution is 0.280. The van der Waals surface area contributed by atoms with E-state index in [1.54, 1.807) is 10.4 Å². The summed E-state index contributed by atoms with van der Waals surface area (Å²) in [5.74, 6) is 1.84. The summed E-state index contributed by atoms with van der Waals surface area (Å²) >= 11 is 0. The van der Waals surface area contributed by atoms with Crippen LogP contribution in [-0.4, -0.2) is 25.0 Å². The van der Waals surface area contributed by atoms with Crippen molar-refractivity contribution < 1.29 is 12.8 Å². The van der Waals surface area contributed by atoms with E-state index in [0.717, 1.165) is 43.6 Å². The second-order valence-electron chi connectivity index (χ2n) is 5.53. The van der Waals surface area contributed by atoms with E-state index >= 15 is 0 Å². The van der Waals surface area contributed by atoms with Gasteiger partial charge in [-0.05, 0) is 31.4 Å². The number of nitrogens with zero attached hydrogens (tertiary/aromatic N) is 1. The predicted octanol–water partition coefficient (Wildman–Crippen LogP) is 3.67. The van der Waals surface area contributed by atoms with Crippen LogP contribution in [0.5, 0.6) is 0 Å². The highest BCUT2D eigenvalue weighted by Crippen LogP contribution is 2.33. The SMILES string of the molecule is C=CCCS(=O)(=O)N1CCCCCC1c1ccc(CC)o1. The molecule has 1 aliphatic heterocycles. The van der Waals surface area contributed by atoms with Crippen molar-refractivity contribution in [2.24, 2.45) is 0 Å². The Hall–Kier alpha value is -1.07. The first-order chi connectivity index (χ1) is 10.1. The van der Waals surface area contributed by atoms with Crippen molar-refractivity contribution in [2.75, 3.05) is 12.3 Å². The maximum Gasteiger partial charge on any atom is 0.215 e. The summed E-state index contributed by atoms with van der Waals surface area (Å²) in [5.41, 5.74) is 0. The Kier molecular flexibility index (Phi) is 5.65. The summed E-state index contributed by atoms with van der Waals surface area (Å²) in [6, 6.07) is 3.74. The van der Waals surface area contributed by atoms with Crippen LogP contribution in [0.4, 0.5) is 0 Å². The van der Waals surface area contributed by atoms with E-state index in [9.17, 15) is 8.42 Å². The van der Waals surface area contributed by atoms with Crippen LogP contribution in [0.3, 0.4) is 0 Å². The minimum Gasteiger partial charge on any atom is -0.464 e. The van der Waals surface area contributed by atoms with Crippen LogP contribution in [0.2, 0.25) is 0 Å². The minimum absolute atomic E-state index is 0.133. The average molecular weight is 311 g/mol. The van der Waals surface area contributed by atoms with Crippen molar-refractivity contribution in [3.8, 4) is 0 Å². The molecule has 0 N–H and O–H groups in total. The molecule has 1 atom stereocenters. The summed E-state index contributed by atoms with van der Waals surface area (Å²) in [7, 11) is -3.26. The third-order valence-electron chi connectivity index (χ3n) is 4.00. The van der Waals surface area contributed by atoms with Crippen LogP contribution in [0.1, 0.15) is 56.6 Å². The van der Waals surface area contributed by atoms with E-state index in [1.807, 2.05) is 19.1 Å². The molecule has 1 unspecified atom stereocenters. The lowest BCUT2D eigenvalue weighted by Gasteiger charge is -2.27. The van der Waals surface area contributed by atoms with Gasteiger partial charge in [-0.25, -0.2) is 8.42 Å². The van der Waals surface area contributed by atoms with Crippen LogP contribution in [0.25, 0.3) is 0 Å². The highest BCUT2D eigenvalue weighted by Gasteiger charge is 2.33. The molecule has 0 bridgehead atoms. The fourth-order valence-electron chi connectivity index (χ4n) is 2.81. The molecule has 0 saturated carbocycles. The van der Waals surface area contributed by atoms with Gasteiger partial charge in [0.05, 0.1) is 11.8 Å². The first-order valence-corrected chi connectivity index (χ1v) is 9.38. The molecule has 118 valence electrons. The Balaban J connectivity index is 2.27. The quantitative estimate of drug-likeness (QED) is 0.753. The van der Waals surface area contributed by atoms with Gasteiger partial charge in [0.25, 0.3) is 0 Å². The van der Waals surface area contributed by atoms with Gasteiger partial charge in [-0.15, -0.1) is 6.58 Å². The summed E-state index contributed by atoms with van der Waals surface area (Å²) in [5, 5.41) is 0. The molecule has 21 heavy (non-hydrogen) atoms. The Morgan fingerprint density at radius 3 is 2.86 bits per heavy atom. The van der Waals surface area contributed by atoms with Crippen molar-refractivity contribution >= 4 is 10.0 Å². The van der Waals surface area contributed by atoms with Crippen LogP contribution >= 0.6 is 0 Å². The van der Waals surface area contributed by atoms with Crippen LogP contribution in [0.15, 0.2) is 29.2 Å². The monoisotopic (exact) mass is 311 g/mol. The number of hydrogen-bond donors (Lipinski definition) is 0. The topological polar surface area (TPSA) is 50.5 Å². The van der Waals surface area contributed by atoms with Crippen molar-refractivity contribution in [3.63, 3.8) is 0 Å². The molecule has 0 spiro atoms. The number of sulfonamides is 1. The minimum atomic E-state index is -3.26. The Labute approximate surface area is 127 Å². The van der Waals surface area contributed by atoms with Crippen molar-refractivity contribution in [1.82, 2.24) is 4.31 Å². The van der Waals surface area contributed by atoms with E-state index in [1.165, 1.54) is 0 Å². The largest absolute Gasteiger partial charge is 0.464 e. The van der Waals surface area contributed by atoms with Gasteiger partial charge in [0.15, 0.2) is 0 Å². The maximum atomic E-state index is 12.6. The zero-order chi connectivity index (χ0) is 15.3. The summed E-state index contributed by atoms with van der Waals surface area (Å²) in [4.78, 5) is 0. The molecule has 5 heteroatoms. The van der Waals surface area contributed by atoms with Gasteiger partial charge < -0.3 is 4.42 Å². The number of allylic oxidation sites excluding steroid dienone is 1. The first-order valence-electron chi connectivity index (χ1n) is 7.77. The number of aryl methyl sites for hydroxylation is 1. The van der Waals surface area contributed by atoms with E-state index in [-0.39, 0.29) is 11.8 Å². The van der Waals surface area contributed by atoms with Gasteiger partial charge in [0, 0.05) is 13.0 Å². The first kappa shape index (κ1) is 16.3. The lowest BCUT2D eigenvalue weighted by atomic mass is 10.1. The number of rotatable bonds is 6. The van der Waals surface area contributed by atoms with E-state index in [2.05, 4.69) is 6.58 Å². The molecule has 4 nitrogen and oxygen atoms in total. The zero-order valence-electron chi connectivity index (χ0n) is 12.8. The van der Waals surface area contributed by atoms with Gasteiger partial charge >= 0.3 is 0 Å². The molecule has 2 rings (SSSR count). The third kappa shape index (κ3) is 3.98. The van der Waals surface area contributed by atoms with Crippen LogP contribution in [-0.2, 0) is 16.4 Å². The number of furan rings is 1. The second-order valence-corrected chi connectivity index (χ2v) is 7.57. The fourth-order valence-corrected chi connectivity index (χ4v) is 4.52. The molecule has 0 aliphatic carbocycles. The summed E-state index contributed by atoms with van der Waals surface area (Å²) in [6.07, 6.45) is 6.85. The highest BCUT2D eigenvalue weighted by molar-refractivity contribution is 7.89. The van der Waals surface area contributed by atoms with Crippen LogP contribution in [0, 0.1) is 0 Å². The molecule has 1 saturated heterocycles. The van der Waals surface area contributed by atoms with E-state index < -0.39 is 10.0 Å². The van der Waals surface area contributed by atoms with Crippen molar-refractivity contribution in [1.29, 1.82) is 0 Å². The standard InChI is InChI=1S/C16H25NO3S/c1-3-5-13-21(18,19)17-12-8-6-7-9-15(17)16-11-10-14(4-2)20-16/h3,10-11,15H,1,4-9,12-13H2,2H3. The van der Waals surface area contributed by atoms with Gasteiger partial charge in [-0.3, -0.25) is 0 Å². The number of hydrogen-bond acceptors (Lipinski definition) is 3. The highest BCUT2D eigenvalue weighted by atomic mass is 32.2. The van der Waals surface area contributed by atoms with Crippen LogP contribution < -0.4 is 0 Å². The molecule has 1 aromatic rings. The van der Waals surface area contributed by atoms with Gasteiger partial charge in [0.1, 0.15) is 11.5 Å². The summed E-state index contributed by atoms with van der Waals surface area (Å²) < 4.78 is 32.7. The molecule has 1 aliphatic rings. The molecular formula is C16H25NO3S. The Morgan fingerprint density at radius 2 is 2.19 bits per heavy atom. The molecular weight excluding hydrogens is 286 g/mol. The predicted molar refractivity (Wildman–Crippen MR) is 84.6 cm³/mol. The normalized spacial score (nSPS) is 21.1. The molecule has 0 radical (unpaired) electrons. The molecule has 0 amide bonds. The molecule has 1 fully saturated rings. The molecule has 2 heterocycles. The Bertz CT molecular complexity index is 562. The zero-order valence-corrected chi connectivity index (χ0v) is 13.6. The van der Waals surface area contributed by atoms with Gasteiger partial charge in [-0.1, -0.05) is 25.8 Å². The smallest absolute Gasteiger partial charge is 0.215 e. The second kappa shape index (κ2) is 7.27. The lowest BCUT2D eigenvalue weighted by Crippen LogP contribution is -2.36.